The first-order chi connectivity index (χ1) is 29.7. The molecule has 0 aromatic heterocycles. The lowest BCUT2D eigenvalue weighted by atomic mass is 9.90. The molecule has 0 spiro atoms. The number of aryl methyl sites for hydroxylation is 4. The molecule has 0 saturated heterocycles. The van der Waals surface area contributed by atoms with E-state index in [4.69, 9.17) is 0 Å². The zero-order valence-electron chi connectivity index (χ0n) is 33.4. The van der Waals surface area contributed by atoms with Crippen molar-refractivity contribution in [2.75, 3.05) is 9.80 Å². The molecule has 2 nitrogen and oxygen atoms in total. The fourth-order valence-electron chi connectivity index (χ4n) is 10.0. The Bertz CT molecular complexity index is 3080. The first kappa shape index (κ1) is 34.6. The minimum atomic E-state index is 0.982. The standard InChI is InChI=1S/C58H42N2/c1-3-15-43-37-49(29-25-39(43)11-1)59-55-19-9-5-13-41(55)21-23-47-35-45(27-33-57(47)59)51-31-32-52(54-18-8-7-17-53(51)54)46-28-34-58-48(36-46)24-22-42-14-6-10-20-56(42)60(58)50-30-26-40-12-2-4-16-44(40)38-50/h1-20,25-38H,21-24H2. The number of benzene rings is 10. The van der Waals surface area contributed by atoms with Gasteiger partial charge in [0.15, 0.2) is 0 Å². The minimum Gasteiger partial charge on any atom is -0.310 e. The first-order valence-electron chi connectivity index (χ1n) is 21.3. The normalized spacial score (nSPS) is 13.3. The second-order valence-corrected chi connectivity index (χ2v) is 16.4. The van der Waals surface area contributed by atoms with E-state index in [2.05, 4.69) is 216 Å². The highest BCUT2D eigenvalue weighted by atomic mass is 15.2. The van der Waals surface area contributed by atoms with Crippen LogP contribution < -0.4 is 9.80 Å². The van der Waals surface area contributed by atoms with E-state index in [1.54, 1.807) is 0 Å². The van der Waals surface area contributed by atoms with Crippen LogP contribution in [0.1, 0.15) is 22.3 Å². The van der Waals surface area contributed by atoms with Crippen molar-refractivity contribution >= 4 is 66.4 Å². The van der Waals surface area contributed by atoms with Gasteiger partial charge in [-0.25, -0.2) is 0 Å². The lowest BCUT2D eigenvalue weighted by Gasteiger charge is -2.28. The third-order valence-corrected chi connectivity index (χ3v) is 13.0. The Morgan fingerprint density at radius 1 is 0.267 bits per heavy atom. The zero-order valence-corrected chi connectivity index (χ0v) is 33.4. The van der Waals surface area contributed by atoms with Gasteiger partial charge in [-0.2, -0.15) is 0 Å². The molecule has 0 atom stereocenters. The molecule has 2 heteroatoms. The van der Waals surface area contributed by atoms with Crippen molar-refractivity contribution < 1.29 is 0 Å². The van der Waals surface area contributed by atoms with E-state index in [1.165, 1.54) is 111 Å². The van der Waals surface area contributed by atoms with Crippen molar-refractivity contribution in [2.45, 2.75) is 25.7 Å². The van der Waals surface area contributed by atoms with Gasteiger partial charge in [0.1, 0.15) is 0 Å². The van der Waals surface area contributed by atoms with Crippen molar-refractivity contribution in [3.63, 3.8) is 0 Å². The van der Waals surface area contributed by atoms with Gasteiger partial charge in [0, 0.05) is 34.1 Å². The molecule has 10 aromatic rings. The van der Waals surface area contributed by atoms with E-state index in [1.807, 2.05) is 0 Å². The van der Waals surface area contributed by atoms with Crippen LogP contribution in [0, 0.1) is 0 Å². The molecule has 60 heavy (non-hydrogen) atoms. The maximum Gasteiger partial charge on any atom is 0.0494 e. The summed E-state index contributed by atoms with van der Waals surface area (Å²) in [7, 11) is 0. The van der Waals surface area contributed by atoms with Crippen LogP contribution in [0.25, 0.3) is 54.6 Å². The molecule has 2 heterocycles. The van der Waals surface area contributed by atoms with Crippen molar-refractivity contribution in [3.05, 3.63) is 229 Å². The van der Waals surface area contributed by atoms with Gasteiger partial charge >= 0.3 is 0 Å². The van der Waals surface area contributed by atoms with E-state index in [-0.39, 0.29) is 0 Å². The predicted octanol–water partition coefficient (Wildman–Crippen LogP) is 15.6. The second kappa shape index (κ2) is 14.1. The summed E-state index contributed by atoms with van der Waals surface area (Å²) >= 11 is 0. The van der Waals surface area contributed by atoms with E-state index < -0.39 is 0 Å². The molecular weight excluding hydrogens is 725 g/mol. The summed E-state index contributed by atoms with van der Waals surface area (Å²) in [6, 6.07) is 76.9. The molecule has 0 bridgehead atoms. The average Bonchev–Trinajstić information content (AvgIpc) is 3.58. The molecule has 2 aliphatic heterocycles. The van der Waals surface area contributed by atoms with Gasteiger partial charge in [-0.3, -0.25) is 0 Å². The van der Waals surface area contributed by atoms with Gasteiger partial charge in [0.2, 0.25) is 0 Å². The topological polar surface area (TPSA) is 6.48 Å². The molecule has 12 rings (SSSR count). The molecule has 0 fully saturated rings. The van der Waals surface area contributed by atoms with Gasteiger partial charge in [0.25, 0.3) is 0 Å². The van der Waals surface area contributed by atoms with Crippen LogP contribution in [-0.2, 0) is 25.7 Å². The quantitative estimate of drug-likeness (QED) is 0.176. The molecule has 284 valence electrons. The van der Waals surface area contributed by atoms with E-state index in [0.29, 0.717) is 0 Å². The first-order valence-corrected chi connectivity index (χ1v) is 21.3. The van der Waals surface area contributed by atoms with Crippen LogP contribution in [0.2, 0.25) is 0 Å². The lowest BCUT2D eigenvalue weighted by molar-refractivity contribution is 0.978. The predicted molar refractivity (Wildman–Crippen MR) is 254 cm³/mol. The summed E-state index contributed by atoms with van der Waals surface area (Å²) in [5.74, 6) is 0. The second-order valence-electron chi connectivity index (χ2n) is 16.4. The third-order valence-electron chi connectivity index (χ3n) is 13.0. The third kappa shape index (κ3) is 5.79. The van der Waals surface area contributed by atoms with Crippen LogP contribution in [-0.4, -0.2) is 0 Å². The summed E-state index contributed by atoms with van der Waals surface area (Å²) in [5, 5.41) is 7.58. The van der Waals surface area contributed by atoms with Crippen molar-refractivity contribution in [1.29, 1.82) is 0 Å². The summed E-state index contributed by atoms with van der Waals surface area (Å²) in [6.45, 7) is 0. The van der Waals surface area contributed by atoms with Gasteiger partial charge in [-0.1, -0.05) is 146 Å². The summed E-state index contributed by atoms with van der Waals surface area (Å²) < 4.78 is 0. The van der Waals surface area contributed by atoms with Gasteiger partial charge < -0.3 is 9.80 Å². The van der Waals surface area contributed by atoms with Crippen LogP contribution in [0.3, 0.4) is 0 Å². The maximum absolute atomic E-state index is 2.48. The number of fused-ring (bicyclic) bond motifs is 7. The lowest BCUT2D eigenvalue weighted by Crippen LogP contribution is -2.11. The van der Waals surface area contributed by atoms with Crippen LogP contribution in [0.4, 0.5) is 34.1 Å². The maximum atomic E-state index is 2.48. The Labute approximate surface area is 351 Å². The minimum absolute atomic E-state index is 0.982. The highest BCUT2D eigenvalue weighted by Gasteiger charge is 2.25. The highest BCUT2D eigenvalue weighted by molar-refractivity contribution is 6.06. The largest absolute Gasteiger partial charge is 0.310 e. The Morgan fingerprint density at radius 3 is 1.13 bits per heavy atom. The van der Waals surface area contributed by atoms with E-state index in [0.717, 1.165) is 25.7 Å². The van der Waals surface area contributed by atoms with Crippen molar-refractivity contribution in [1.82, 2.24) is 0 Å². The number of hydrogen-bond donors (Lipinski definition) is 0. The van der Waals surface area contributed by atoms with Crippen LogP contribution in [0.5, 0.6) is 0 Å². The Hall–Kier alpha value is -7.42. The number of rotatable bonds is 4. The molecular formula is C58H42N2. The van der Waals surface area contributed by atoms with Crippen molar-refractivity contribution in [2.24, 2.45) is 0 Å². The summed E-state index contributed by atoms with van der Waals surface area (Å²) in [4.78, 5) is 4.96. The number of para-hydroxylation sites is 2. The van der Waals surface area contributed by atoms with E-state index in [9.17, 15) is 0 Å². The van der Waals surface area contributed by atoms with Gasteiger partial charge in [-0.05, 0) is 163 Å². The summed E-state index contributed by atoms with van der Waals surface area (Å²) in [6.07, 6.45) is 3.96. The fraction of sp³-hybridized carbons (Fsp3) is 0.0690. The van der Waals surface area contributed by atoms with Gasteiger partial charge in [-0.15, -0.1) is 0 Å². The molecule has 0 amide bonds. The molecule has 0 unspecified atom stereocenters. The zero-order chi connectivity index (χ0) is 39.6. The molecule has 2 aliphatic rings. The SMILES string of the molecule is c1ccc2c(c1)CCc1cc(-c3ccc(-c4ccc5c(c4)CCc4ccccc4N5c4ccc5ccccc5c4)c4ccccc34)ccc1N2c1ccc2ccccc2c1. The Kier molecular flexibility index (Phi) is 8.16. The molecule has 0 radical (unpaired) electrons. The van der Waals surface area contributed by atoms with E-state index >= 15 is 0 Å². The summed E-state index contributed by atoms with van der Waals surface area (Å²) in [5.41, 5.74) is 18.0. The fourth-order valence-corrected chi connectivity index (χ4v) is 10.0. The molecule has 0 N–H and O–H groups in total. The average molecular weight is 767 g/mol. The number of hydrogen-bond acceptors (Lipinski definition) is 2. The molecule has 0 saturated carbocycles. The smallest absolute Gasteiger partial charge is 0.0494 e. The molecule has 0 aliphatic carbocycles. The van der Waals surface area contributed by atoms with Crippen LogP contribution in [0.15, 0.2) is 206 Å². The van der Waals surface area contributed by atoms with Gasteiger partial charge in [0.05, 0.1) is 0 Å². The number of nitrogens with zero attached hydrogens (tertiary/aromatic N) is 2. The number of anilines is 6. The Balaban J connectivity index is 0.949. The van der Waals surface area contributed by atoms with Crippen LogP contribution >= 0.6 is 0 Å². The molecule has 10 aromatic carbocycles. The highest BCUT2D eigenvalue weighted by Crippen LogP contribution is 2.47. The van der Waals surface area contributed by atoms with Crippen molar-refractivity contribution in [3.8, 4) is 22.3 Å². The Morgan fingerprint density at radius 2 is 0.650 bits per heavy atom. The monoisotopic (exact) mass is 766 g/mol.